The molecule has 0 saturated carbocycles. The molecule has 0 unspecified atom stereocenters. The molecule has 1 N–H and O–H groups in total. The van der Waals surface area contributed by atoms with Crippen LogP contribution in [-0.4, -0.2) is 49.9 Å². The van der Waals surface area contributed by atoms with Gasteiger partial charge in [-0.15, -0.1) is 10.2 Å². The van der Waals surface area contributed by atoms with E-state index >= 15 is 0 Å². The zero-order valence-corrected chi connectivity index (χ0v) is 17.3. The summed E-state index contributed by atoms with van der Waals surface area (Å²) in [6.45, 7) is 4.98. The third-order valence-electron chi connectivity index (χ3n) is 4.61. The van der Waals surface area contributed by atoms with Crippen molar-refractivity contribution < 1.29 is 23.1 Å². The molecule has 1 aliphatic carbocycles. The van der Waals surface area contributed by atoms with Crippen LogP contribution in [0.25, 0.3) is 0 Å². The zero-order valence-electron chi connectivity index (χ0n) is 15.7. The third-order valence-corrected chi connectivity index (χ3v) is 6.82. The number of aliphatic hydroxyl groups is 1. The van der Waals surface area contributed by atoms with E-state index in [-0.39, 0.29) is 57.8 Å². The molecule has 0 aromatic heterocycles. The number of halogens is 1. The molecule has 0 amide bonds. The maximum absolute atomic E-state index is 12.8. The highest BCUT2D eigenvalue weighted by atomic mass is 35.5. The molecule has 8 nitrogen and oxygen atoms in total. The summed E-state index contributed by atoms with van der Waals surface area (Å²) in [5.41, 5.74) is -0.352. The Morgan fingerprint density at radius 1 is 1.18 bits per heavy atom. The van der Waals surface area contributed by atoms with Crippen molar-refractivity contribution in [1.82, 2.24) is 4.31 Å². The lowest BCUT2D eigenvalue weighted by atomic mass is 9.78. The highest BCUT2D eigenvalue weighted by Gasteiger charge is 2.33. The second-order valence-corrected chi connectivity index (χ2v) is 9.91. The van der Waals surface area contributed by atoms with Crippen molar-refractivity contribution in [2.45, 2.75) is 31.6 Å². The summed E-state index contributed by atoms with van der Waals surface area (Å²) in [5.74, 6) is -0.441. The SMILES string of the molecule is CC1(C)CC(=O)C(N=Nc2cc(S(=O)(=O)N3CCOCC3)ccc2Cl)=C(O)C1. The molecule has 0 atom stereocenters. The fourth-order valence-electron chi connectivity index (χ4n) is 3.16. The first-order valence-electron chi connectivity index (χ1n) is 8.85. The van der Waals surface area contributed by atoms with E-state index < -0.39 is 10.0 Å². The maximum atomic E-state index is 12.8. The molecule has 1 aromatic carbocycles. The van der Waals surface area contributed by atoms with Crippen molar-refractivity contribution >= 4 is 33.1 Å². The van der Waals surface area contributed by atoms with Crippen LogP contribution in [0.15, 0.2) is 44.8 Å². The molecule has 152 valence electrons. The molecule has 0 spiro atoms. The molecular weight excluding hydrogens is 406 g/mol. The first kappa shape index (κ1) is 20.9. The van der Waals surface area contributed by atoms with Gasteiger partial charge in [0.2, 0.25) is 10.0 Å². The van der Waals surface area contributed by atoms with Crippen LogP contribution in [-0.2, 0) is 19.6 Å². The average molecular weight is 428 g/mol. The Balaban J connectivity index is 1.90. The van der Waals surface area contributed by atoms with Crippen LogP contribution >= 0.6 is 11.6 Å². The molecule has 2 aliphatic rings. The van der Waals surface area contributed by atoms with Crippen LogP contribution in [0.1, 0.15) is 26.7 Å². The van der Waals surface area contributed by atoms with E-state index in [1.807, 2.05) is 13.8 Å². The molecule has 0 bridgehead atoms. The minimum absolute atomic E-state index is 0.0297. The van der Waals surface area contributed by atoms with Gasteiger partial charge in [0.15, 0.2) is 11.5 Å². The monoisotopic (exact) mass is 427 g/mol. The molecule has 0 radical (unpaired) electrons. The Labute approximate surface area is 168 Å². The summed E-state index contributed by atoms with van der Waals surface area (Å²) in [7, 11) is -3.72. The smallest absolute Gasteiger partial charge is 0.243 e. The lowest BCUT2D eigenvalue weighted by Gasteiger charge is -2.27. The van der Waals surface area contributed by atoms with Gasteiger partial charge in [-0.1, -0.05) is 25.4 Å². The number of sulfonamides is 1. The highest BCUT2D eigenvalue weighted by Crippen LogP contribution is 2.37. The number of hydrogen-bond acceptors (Lipinski definition) is 7. The summed E-state index contributed by atoms with van der Waals surface area (Å²) >= 11 is 6.12. The van der Waals surface area contributed by atoms with Crippen molar-refractivity contribution in [3.05, 3.63) is 34.7 Å². The van der Waals surface area contributed by atoms with Gasteiger partial charge in [0.1, 0.15) is 11.4 Å². The molecule has 3 rings (SSSR count). The Hall–Kier alpha value is -1.81. The summed E-state index contributed by atoms with van der Waals surface area (Å²) in [6.07, 6.45) is 0.552. The fourth-order valence-corrected chi connectivity index (χ4v) is 4.75. The summed E-state index contributed by atoms with van der Waals surface area (Å²) < 4.78 is 32.1. The standard InChI is InChI=1S/C18H22ClN3O5S/c1-18(2)10-15(23)17(16(24)11-18)21-20-14-9-12(3-4-13(14)19)28(25,26)22-5-7-27-8-6-22/h3-4,9,23H,5-8,10-11H2,1-2H3. The minimum atomic E-state index is -3.72. The highest BCUT2D eigenvalue weighted by molar-refractivity contribution is 7.89. The second-order valence-electron chi connectivity index (χ2n) is 7.57. The van der Waals surface area contributed by atoms with Crippen LogP contribution in [0.2, 0.25) is 5.02 Å². The third kappa shape index (κ3) is 4.43. The van der Waals surface area contributed by atoms with Crippen LogP contribution in [0, 0.1) is 5.41 Å². The first-order valence-corrected chi connectivity index (χ1v) is 10.7. The average Bonchev–Trinajstić information content (AvgIpc) is 2.62. The van der Waals surface area contributed by atoms with Gasteiger partial charge in [-0.25, -0.2) is 8.42 Å². The molecule has 1 saturated heterocycles. The molecule has 28 heavy (non-hydrogen) atoms. The number of morpholine rings is 1. The van der Waals surface area contributed by atoms with Gasteiger partial charge < -0.3 is 9.84 Å². The Morgan fingerprint density at radius 3 is 2.50 bits per heavy atom. The summed E-state index contributed by atoms with van der Waals surface area (Å²) in [6, 6.07) is 4.13. The number of Topliss-reactive ketones (excluding diaryl/α,β-unsaturated/α-hetero) is 1. The Morgan fingerprint density at radius 2 is 1.86 bits per heavy atom. The van der Waals surface area contributed by atoms with Crippen LogP contribution < -0.4 is 0 Å². The predicted octanol–water partition coefficient (Wildman–Crippen LogP) is 3.60. The second kappa shape index (κ2) is 7.90. The van der Waals surface area contributed by atoms with Crippen LogP contribution in [0.3, 0.4) is 0 Å². The zero-order chi connectivity index (χ0) is 20.5. The molecule has 1 heterocycles. The molecular formula is C18H22ClN3O5S. The van der Waals surface area contributed by atoms with Crippen molar-refractivity contribution in [3.8, 4) is 0 Å². The number of aliphatic hydroxyl groups excluding tert-OH is 1. The van der Waals surface area contributed by atoms with Crippen LogP contribution in [0.5, 0.6) is 0 Å². The molecule has 1 fully saturated rings. The van der Waals surface area contributed by atoms with E-state index in [1.165, 1.54) is 22.5 Å². The van der Waals surface area contributed by atoms with Crippen molar-refractivity contribution in [1.29, 1.82) is 0 Å². The van der Waals surface area contributed by atoms with Gasteiger partial charge in [-0.2, -0.15) is 4.31 Å². The number of ketones is 1. The fraction of sp³-hybridized carbons (Fsp3) is 0.500. The predicted molar refractivity (Wildman–Crippen MR) is 103 cm³/mol. The number of allylic oxidation sites excluding steroid dienone is 2. The maximum Gasteiger partial charge on any atom is 0.243 e. The summed E-state index contributed by atoms with van der Waals surface area (Å²) in [4.78, 5) is 12.3. The number of benzene rings is 1. The van der Waals surface area contributed by atoms with E-state index in [4.69, 9.17) is 16.3 Å². The normalized spacial score (nSPS) is 21.5. The van der Waals surface area contributed by atoms with Crippen molar-refractivity contribution in [2.75, 3.05) is 26.3 Å². The number of rotatable bonds is 4. The minimum Gasteiger partial charge on any atom is -0.510 e. The first-order chi connectivity index (χ1) is 13.1. The number of carbonyl (C=O) groups is 1. The molecule has 1 aliphatic heterocycles. The van der Waals surface area contributed by atoms with E-state index in [2.05, 4.69) is 10.2 Å². The van der Waals surface area contributed by atoms with Crippen molar-refractivity contribution in [2.24, 2.45) is 15.6 Å². The van der Waals surface area contributed by atoms with E-state index in [1.54, 1.807) is 0 Å². The molecule has 1 aromatic rings. The largest absolute Gasteiger partial charge is 0.510 e. The van der Waals surface area contributed by atoms with E-state index in [0.717, 1.165) is 0 Å². The summed E-state index contributed by atoms with van der Waals surface area (Å²) in [5, 5.41) is 18.1. The number of nitrogens with zero attached hydrogens (tertiary/aromatic N) is 3. The number of carbonyl (C=O) groups excluding carboxylic acids is 1. The van der Waals surface area contributed by atoms with E-state index in [0.29, 0.717) is 19.6 Å². The van der Waals surface area contributed by atoms with Gasteiger partial charge in [0, 0.05) is 25.9 Å². The quantitative estimate of drug-likeness (QED) is 0.738. The Kier molecular flexibility index (Phi) is 5.90. The van der Waals surface area contributed by atoms with Gasteiger partial charge in [0.25, 0.3) is 0 Å². The van der Waals surface area contributed by atoms with Gasteiger partial charge in [-0.05, 0) is 23.6 Å². The topological polar surface area (TPSA) is 109 Å². The van der Waals surface area contributed by atoms with E-state index in [9.17, 15) is 18.3 Å². The molecule has 10 heteroatoms. The van der Waals surface area contributed by atoms with Crippen LogP contribution in [0.4, 0.5) is 5.69 Å². The van der Waals surface area contributed by atoms with Gasteiger partial charge in [-0.3, -0.25) is 4.79 Å². The van der Waals surface area contributed by atoms with Gasteiger partial charge >= 0.3 is 0 Å². The lowest BCUT2D eigenvalue weighted by molar-refractivity contribution is -0.118. The number of hydrogen-bond donors (Lipinski definition) is 1. The van der Waals surface area contributed by atoms with Crippen molar-refractivity contribution in [3.63, 3.8) is 0 Å². The van der Waals surface area contributed by atoms with Gasteiger partial charge in [0.05, 0.1) is 23.1 Å². The lowest BCUT2D eigenvalue weighted by Crippen LogP contribution is -2.40. The number of azo groups is 1. The number of ether oxygens (including phenoxy) is 1. The Bertz CT molecular complexity index is 950.